The summed E-state index contributed by atoms with van der Waals surface area (Å²) in [5.74, 6) is -2.26. The van der Waals surface area contributed by atoms with E-state index >= 15 is 0 Å². The Kier molecular flexibility index (Phi) is 74.3. The van der Waals surface area contributed by atoms with Crippen LogP contribution in [0.25, 0.3) is 0 Å². The number of phosphoric acid groups is 2. The van der Waals surface area contributed by atoms with Crippen molar-refractivity contribution in [2.45, 2.75) is 341 Å². The second kappa shape index (κ2) is 78.1. The van der Waals surface area contributed by atoms with E-state index in [-0.39, 0.29) is 25.7 Å². The van der Waals surface area contributed by atoms with Crippen molar-refractivity contribution in [1.82, 2.24) is 0 Å². The highest BCUT2D eigenvalue weighted by Crippen LogP contribution is 2.45. The summed E-state index contributed by atoms with van der Waals surface area (Å²) in [5, 5.41) is 10.7. The molecule has 3 N–H and O–H groups in total. The van der Waals surface area contributed by atoms with E-state index in [1.54, 1.807) is 0 Å². The lowest BCUT2D eigenvalue weighted by atomic mass is 10.0. The highest BCUT2D eigenvalue weighted by molar-refractivity contribution is 7.47. The second-order valence-corrected chi connectivity index (χ2v) is 29.8. The highest BCUT2D eigenvalue weighted by atomic mass is 31.2. The van der Waals surface area contributed by atoms with Crippen LogP contribution in [0, 0.1) is 0 Å². The molecule has 0 aromatic carbocycles. The fraction of sp³-hybridized carbons (Fsp3) is 0.678. The van der Waals surface area contributed by atoms with Gasteiger partial charge in [0.2, 0.25) is 0 Å². The zero-order valence-electron chi connectivity index (χ0n) is 66.3. The van der Waals surface area contributed by atoms with Gasteiger partial charge in [-0.25, -0.2) is 9.13 Å². The Bertz CT molecular complexity index is 2580. The van der Waals surface area contributed by atoms with Gasteiger partial charge in [-0.1, -0.05) is 302 Å². The predicted molar refractivity (Wildman–Crippen MR) is 436 cm³/mol. The van der Waals surface area contributed by atoms with E-state index in [1.807, 2.05) is 0 Å². The maximum atomic E-state index is 13.1. The third-order valence-electron chi connectivity index (χ3n) is 16.8. The first-order valence-corrected chi connectivity index (χ1v) is 44.1. The number of esters is 4. The first kappa shape index (κ1) is 101. The van der Waals surface area contributed by atoms with Gasteiger partial charge < -0.3 is 33.8 Å². The van der Waals surface area contributed by atoms with Gasteiger partial charge in [-0.05, 0) is 141 Å². The maximum absolute atomic E-state index is 13.1. The minimum Gasteiger partial charge on any atom is -0.462 e. The Hall–Kier alpha value is -5.06. The maximum Gasteiger partial charge on any atom is 0.472 e. The zero-order valence-corrected chi connectivity index (χ0v) is 68.1. The van der Waals surface area contributed by atoms with Crippen LogP contribution in [0.2, 0.25) is 0 Å². The Morgan fingerprint density at radius 1 is 0.274 bits per heavy atom. The van der Waals surface area contributed by atoms with Gasteiger partial charge >= 0.3 is 39.5 Å². The molecule has 0 saturated heterocycles. The van der Waals surface area contributed by atoms with Crippen LogP contribution in [0.3, 0.4) is 0 Å². The van der Waals surface area contributed by atoms with Gasteiger partial charge in [-0.15, -0.1) is 0 Å². The zero-order chi connectivity index (χ0) is 77.4. The summed E-state index contributed by atoms with van der Waals surface area (Å²) in [6.45, 7) is 4.47. The Morgan fingerprint density at radius 2 is 0.491 bits per heavy atom. The molecule has 0 aliphatic carbocycles. The van der Waals surface area contributed by atoms with Gasteiger partial charge in [0.25, 0.3) is 0 Å². The van der Waals surface area contributed by atoms with Crippen LogP contribution >= 0.6 is 15.6 Å². The number of aliphatic hydroxyl groups is 1. The molecule has 0 fully saturated rings. The third-order valence-corrected chi connectivity index (χ3v) is 18.7. The molecule has 0 radical (unpaired) electrons. The van der Waals surface area contributed by atoms with E-state index in [4.69, 9.17) is 37.0 Å². The number of allylic oxidation sites excluding steroid dienone is 24. The number of carbonyl (C=O) groups is 4. The molecule has 0 aromatic rings. The van der Waals surface area contributed by atoms with Crippen LogP contribution < -0.4 is 0 Å². The van der Waals surface area contributed by atoms with Crippen LogP contribution in [0.5, 0.6) is 0 Å². The Balaban J connectivity index is 5.42. The van der Waals surface area contributed by atoms with Gasteiger partial charge in [0, 0.05) is 25.7 Å². The van der Waals surface area contributed by atoms with Crippen LogP contribution in [-0.4, -0.2) is 96.7 Å². The van der Waals surface area contributed by atoms with Crippen LogP contribution in [0.15, 0.2) is 146 Å². The number of hydrogen-bond acceptors (Lipinski definition) is 15. The number of hydrogen-bond donors (Lipinski definition) is 3. The largest absolute Gasteiger partial charge is 0.472 e. The summed E-state index contributed by atoms with van der Waals surface area (Å²) >= 11 is 0. The normalized spacial score (nSPS) is 14.6. The van der Waals surface area contributed by atoms with Crippen molar-refractivity contribution in [3.05, 3.63) is 146 Å². The monoisotopic (exact) mass is 1530 g/mol. The number of phosphoric ester groups is 2. The molecule has 106 heavy (non-hydrogen) atoms. The van der Waals surface area contributed by atoms with E-state index in [9.17, 15) is 43.2 Å². The molecule has 5 atom stereocenters. The standard InChI is InChI=1S/C87H146O17P2/c1-5-9-13-17-21-25-29-33-37-39-40-42-46-48-52-56-60-64-68-72-85(90)98-78-83(104-87(92)74-70-66-62-58-54-50-44-36-32-28-24-20-16-12-8-4)80-102-106(95,96)100-76-81(88)75-99-105(93,94)101-79-82(103-86(91)73-69-65-61-57-53-49-43-35-31-27-23-19-15-11-7-3)77-97-84(89)71-67-63-59-55-51-47-45-41-38-34-30-26-22-18-14-10-6-2/h9-11,13-15,21-23,25-27,33-35,37-38,40,42-43,45,47,53,57,81-83,88H,5-8,12,16-20,24,28-32,36,39,41,44,46,48-52,54-56,58-80H2,1-4H3,(H,93,94)(H,95,96)/b13-9-,14-10-,15-11-,25-21-,26-22-,27-23-,37-33-,38-34-,42-40-,43-35-,47-45-,57-53-. The lowest BCUT2D eigenvalue weighted by Crippen LogP contribution is -2.30. The molecule has 0 rings (SSSR count). The van der Waals surface area contributed by atoms with E-state index in [0.29, 0.717) is 32.1 Å². The molecule has 606 valence electrons. The number of unbranched alkanes of at least 4 members (excludes halogenated alkanes) is 26. The van der Waals surface area contributed by atoms with E-state index in [1.165, 1.54) is 64.2 Å². The van der Waals surface area contributed by atoms with Crippen molar-refractivity contribution in [1.29, 1.82) is 0 Å². The van der Waals surface area contributed by atoms with Crippen molar-refractivity contribution in [3.8, 4) is 0 Å². The van der Waals surface area contributed by atoms with E-state index in [2.05, 4.69) is 174 Å². The fourth-order valence-corrected chi connectivity index (χ4v) is 12.2. The predicted octanol–water partition coefficient (Wildman–Crippen LogP) is 24.2. The minimum atomic E-state index is -5.00. The topological polar surface area (TPSA) is 237 Å². The lowest BCUT2D eigenvalue weighted by molar-refractivity contribution is -0.161. The fourth-order valence-electron chi connectivity index (χ4n) is 10.7. The van der Waals surface area contributed by atoms with Crippen LogP contribution in [-0.2, 0) is 65.4 Å². The molecule has 0 saturated carbocycles. The van der Waals surface area contributed by atoms with Gasteiger partial charge in [0.1, 0.15) is 19.3 Å². The second-order valence-electron chi connectivity index (χ2n) is 26.9. The number of carbonyl (C=O) groups excluding carboxylic acids is 4. The van der Waals surface area contributed by atoms with E-state index in [0.717, 1.165) is 173 Å². The number of aliphatic hydroxyl groups excluding tert-OH is 1. The third kappa shape index (κ3) is 77.1. The summed E-state index contributed by atoms with van der Waals surface area (Å²) in [4.78, 5) is 73.1. The van der Waals surface area contributed by atoms with Gasteiger partial charge in [0.05, 0.1) is 26.4 Å². The van der Waals surface area contributed by atoms with Gasteiger partial charge in [-0.3, -0.25) is 37.3 Å². The Labute approximate surface area is 643 Å². The molecule has 19 heteroatoms. The molecular weight excluding hydrogens is 1380 g/mol. The average molecular weight is 1530 g/mol. The summed E-state index contributed by atoms with van der Waals surface area (Å²) < 4.78 is 68.7. The van der Waals surface area contributed by atoms with Gasteiger partial charge in [0.15, 0.2) is 12.2 Å². The molecule has 0 heterocycles. The van der Waals surface area contributed by atoms with Gasteiger partial charge in [-0.2, -0.15) is 0 Å². The van der Waals surface area contributed by atoms with Crippen molar-refractivity contribution in [2.75, 3.05) is 39.6 Å². The molecule has 0 aliphatic rings. The summed E-state index contributed by atoms with van der Waals surface area (Å²) in [6.07, 6.45) is 89.6. The summed E-state index contributed by atoms with van der Waals surface area (Å²) in [7, 11) is -9.99. The SMILES string of the molecule is CC/C=C\C/C=C\C/C=C\C/C=C\CCCCCCCCC(=O)OCC(COP(=O)(O)OCC(O)COP(=O)(O)OCC(COC(=O)CCCCCC/C=C\C/C=C\C/C=C\C/C=C\CC)OC(=O)CCCC/C=C\C/C=C\C/C=C\C/C=C\CC)OC(=O)CCCCCCCCCCCCCCCCC. The summed E-state index contributed by atoms with van der Waals surface area (Å²) in [6, 6.07) is 0. The van der Waals surface area contributed by atoms with Crippen molar-refractivity contribution >= 4 is 39.5 Å². The van der Waals surface area contributed by atoms with Crippen molar-refractivity contribution in [2.24, 2.45) is 0 Å². The minimum absolute atomic E-state index is 0.0332. The quantitative estimate of drug-likeness (QED) is 0.0169. The van der Waals surface area contributed by atoms with Crippen LogP contribution in [0.1, 0.15) is 323 Å². The summed E-state index contributed by atoms with van der Waals surface area (Å²) in [5.41, 5.74) is 0. The first-order chi connectivity index (χ1) is 51.7. The molecule has 0 bridgehead atoms. The van der Waals surface area contributed by atoms with Crippen molar-refractivity contribution in [3.63, 3.8) is 0 Å². The highest BCUT2D eigenvalue weighted by Gasteiger charge is 2.30. The number of ether oxygens (including phenoxy) is 4. The molecular formula is C87H146O17P2. The molecule has 0 spiro atoms. The molecule has 0 amide bonds. The van der Waals surface area contributed by atoms with Crippen LogP contribution in [0.4, 0.5) is 0 Å². The molecule has 5 unspecified atom stereocenters. The first-order valence-electron chi connectivity index (χ1n) is 41.1. The molecule has 17 nitrogen and oxygen atoms in total. The molecule has 0 aliphatic heterocycles. The number of rotatable bonds is 76. The lowest BCUT2D eigenvalue weighted by Gasteiger charge is -2.21. The van der Waals surface area contributed by atoms with E-state index < -0.39 is 97.5 Å². The Morgan fingerprint density at radius 3 is 0.774 bits per heavy atom. The molecule has 0 aromatic heterocycles. The van der Waals surface area contributed by atoms with Crippen molar-refractivity contribution < 1.29 is 80.2 Å². The smallest absolute Gasteiger partial charge is 0.462 e. The average Bonchev–Trinajstić information content (AvgIpc) is 0.909.